The summed E-state index contributed by atoms with van der Waals surface area (Å²) >= 11 is 0. The van der Waals surface area contributed by atoms with Crippen molar-refractivity contribution in [1.29, 1.82) is 0 Å². The molecule has 258 valence electrons. The Bertz CT molecular complexity index is 1550. The highest BCUT2D eigenvalue weighted by Gasteiger charge is 2.35. The number of carbonyl (C=O) groups excluding carboxylic acids is 3. The highest BCUT2D eigenvalue weighted by atomic mass is 19.1. The predicted molar refractivity (Wildman–Crippen MR) is 189 cm³/mol. The van der Waals surface area contributed by atoms with Crippen LogP contribution in [0.15, 0.2) is 90.5 Å². The summed E-state index contributed by atoms with van der Waals surface area (Å²) in [5, 5.41) is 12.6. The molecule has 0 saturated heterocycles. The van der Waals surface area contributed by atoms with E-state index in [1.165, 1.54) is 28.0 Å². The van der Waals surface area contributed by atoms with Gasteiger partial charge in [0.25, 0.3) is 0 Å². The number of carbonyl (C=O) groups is 3. The lowest BCUT2D eigenvalue weighted by atomic mass is 9.94. The molecule has 0 heterocycles. The largest absolute Gasteiger partial charge is 0.396 e. The number of rotatable bonds is 15. The number of nitrogens with zero attached hydrogens (tertiary/aromatic N) is 2. The second-order valence-corrected chi connectivity index (χ2v) is 14.2. The first-order valence-corrected chi connectivity index (χ1v) is 16.3. The van der Waals surface area contributed by atoms with Crippen molar-refractivity contribution in [3.05, 3.63) is 107 Å². The minimum absolute atomic E-state index is 0.120. The van der Waals surface area contributed by atoms with Crippen molar-refractivity contribution < 1.29 is 23.9 Å². The minimum atomic E-state index is -0.973. The van der Waals surface area contributed by atoms with Crippen molar-refractivity contribution in [3.63, 3.8) is 0 Å². The summed E-state index contributed by atoms with van der Waals surface area (Å²) in [6.07, 6.45) is 2.33. The lowest BCUT2D eigenvalue weighted by molar-refractivity contribution is -0.146. The molecule has 0 spiro atoms. The monoisotopic (exact) mass is 658 g/mol. The van der Waals surface area contributed by atoms with Crippen LogP contribution in [0.5, 0.6) is 0 Å². The molecule has 9 heteroatoms. The molecule has 0 fully saturated rings. The van der Waals surface area contributed by atoms with E-state index in [9.17, 15) is 23.9 Å². The second kappa shape index (κ2) is 16.7. The van der Waals surface area contributed by atoms with Gasteiger partial charge in [-0.2, -0.15) is 0 Å². The molecule has 0 saturated carbocycles. The number of halogens is 1. The van der Waals surface area contributed by atoms with Crippen molar-refractivity contribution >= 4 is 17.7 Å². The van der Waals surface area contributed by atoms with Crippen LogP contribution in [0.25, 0.3) is 11.1 Å². The quantitative estimate of drug-likeness (QED) is 0.196. The van der Waals surface area contributed by atoms with Gasteiger partial charge >= 0.3 is 0 Å². The van der Waals surface area contributed by atoms with Gasteiger partial charge in [0.1, 0.15) is 17.9 Å². The normalized spacial score (nSPS) is 13.4. The molecular formula is C39H51FN4O4. The molecule has 4 N–H and O–H groups in total. The first-order chi connectivity index (χ1) is 22.5. The number of benzene rings is 3. The Balaban J connectivity index is 1.98. The number of hydrogen-bond acceptors (Lipinski definition) is 5. The lowest BCUT2D eigenvalue weighted by Crippen LogP contribution is -2.56. The summed E-state index contributed by atoms with van der Waals surface area (Å²) in [6.45, 7) is 9.27. The van der Waals surface area contributed by atoms with Gasteiger partial charge in [0.05, 0.1) is 0 Å². The molecule has 0 aliphatic heterocycles. The number of hydrogen-bond donors (Lipinski definition) is 3. The summed E-state index contributed by atoms with van der Waals surface area (Å²) in [6, 6.07) is 21.7. The fourth-order valence-corrected chi connectivity index (χ4v) is 5.45. The van der Waals surface area contributed by atoms with Gasteiger partial charge in [-0.25, -0.2) is 4.39 Å². The highest BCUT2D eigenvalue weighted by molar-refractivity contribution is 5.95. The first-order valence-electron chi connectivity index (χ1n) is 16.3. The smallest absolute Gasteiger partial charge is 0.246 e. The van der Waals surface area contributed by atoms with Crippen LogP contribution in [-0.2, 0) is 27.2 Å². The number of amides is 3. The maximum atomic E-state index is 14.5. The molecule has 8 nitrogen and oxygen atoms in total. The molecule has 0 unspecified atom stereocenters. The number of aliphatic hydroxyl groups is 1. The van der Waals surface area contributed by atoms with Crippen LogP contribution in [0.4, 0.5) is 4.39 Å². The van der Waals surface area contributed by atoms with Crippen LogP contribution >= 0.6 is 0 Å². The van der Waals surface area contributed by atoms with Crippen molar-refractivity contribution in [1.82, 2.24) is 15.1 Å². The van der Waals surface area contributed by atoms with Gasteiger partial charge in [0, 0.05) is 57.1 Å². The molecule has 48 heavy (non-hydrogen) atoms. The molecule has 0 radical (unpaired) electrons. The van der Waals surface area contributed by atoms with Gasteiger partial charge in [0.2, 0.25) is 17.7 Å². The third kappa shape index (κ3) is 11.4. The van der Waals surface area contributed by atoms with Crippen LogP contribution in [0.1, 0.15) is 52.2 Å². The van der Waals surface area contributed by atoms with E-state index >= 15 is 0 Å². The van der Waals surface area contributed by atoms with E-state index < -0.39 is 40.7 Å². The van der Waals surface area contributed by atoms with Gasteiger partial charge in [-0.1, -0.05) is 86.2 Å². The summed E-state index contributed by atoms with van der Waals surface area (Å²) in [4.78, 5) is 44.5. The van der Waals surface area contributed by atoms with Gasteiger partial charge in [-0.15, -0.1) is 0 Å². The van der Waals surface area contributed by atoms with E-state index in [0.717, 1.165) is 22.3 Å². The standard InChI is InChI=1S/C39H51FN4O4/c1-27(24-39(4,5)41)21-35(46)43(6)34(23-28-13-17-31(18-14-28)30-11-9-8-10-12-30)37(48)44(7)33(22-29-15-19-32(40)20-16-29)36(47)42-25-38(2,3)26-45/h8-21,33-34,45H,22-26,41H2,1-7H3,(H,42,47)/b27-21+/t33-,34-/m1/s1. The first kappa shape index (κ1) is 38.1. The Hall–Kier alpha value is -4.34. The van der Waals surface area contributed by atoms with E-state index in [2.05, 4.69) is 5.32 Å². The van der Waals surface area contributed by atoms with Gasteiger partial charge < -0.3 is 26.0 Å². The maximum Gasteiger partial charge on any atom is 0.246 e. The molecule has 0 aromatic heterocycles. The fraction of sp³-hybridized carbons (Fsp3) is 0.410. The van der Waals surface area contributed by atoms with Crippen molar-refractivity contribution in [2.75, 3.05) is 27.2 Å². The fourth-order valence-electron chi connectivity index (χ4n) is 5.45. The van der Waals surface area contributed by atoms with Crippen LogP contribution in [-0.4, -0.2) is 77.5 Å². The van der Waals surface area contributed by atoms with Crippen molar-refractivity contribution in [2.24, 2.45) is 11.1 Å². The molecule has 3 amide bonds. The number of likely N-dealkylation sites (N-methyl/N-ethyl adjacent to an activating group) is 2. The molecule has 3 aromatic carbocycles. The summed E-state index contributed by atoms with van der Waals surface area (Å²) < 4.78 is 13.7. The summed E-state index contributed by atoms with van der Waals surface area (Å²) in [7, 11) is 3.14. The average Bonchev–Trinajstić information content (AvgIpc) is 3.04. The van der Waals surface area contributed by atoms with Gasteiger partial charge in [-0.05, 0) is 61.6 Å². The third-order valence-corrected chi connectivity index (χ3v) is 8.32. The van der Waals surface area contributed by atoms with E-state index in [0.29, 0.717) is 12.0 Å². The van der Waals surface area contributed by atoms with Crippen LogP contribution in [0, 0.1) is 11.2 Å². The molecular weight excluding hydrogens is 607 g/mol. The summed E-state index contributed by atoms with van der Waals surface area (Å²) in [5.74, 6) is -1.60. The van der Waals surface area contributed by atoms with E-state index in [1.807, 2.05) is 89.2 Å². The molecule has 0 aliphatic rings. The van der Waals surface area contributed by atoms with E-state index in [4.69, 9.17) is 5.73 Å². The lowest BCUT2D eigenvalue weighted by Gasteiger charge is -2.35. The number of nitrogens with two attached hydrogens (primary N) is 1. The van der Waals surface area contributed by atoms with E-state index in [1.54, 1.807) is 26.2 Å². The maximum absolute atomic E-state index is 14.5. The Labute approximate surface area is 284 Å². The van der Waals surface area contributed by atoms with Crippen LogP contribution < -0.4 is 11.1 Å². The van der Waals surface area contributed by atoms with Crippen LogP contribution in [0.2, 0.25) is 0 Å². The zero-order valence-corrected chi connectivity index (χ0v) is 29.3. The Morgan fingerprint density at radius 2 is 1.35 bits per heavy atom. The zero-order valence-electron chi connectivity index (χ0n) is 29.3. The predicted octanol–water partition coefficient (Wildman–Crippen LogP) is 5.14. The number of aliphatic hydroxyl groups excluding tert-OH is 1. The SMILES string of the molecule is C/C(=C\C(=O)N(C)[C@H](Cc1ccc(-c2ccccc2)cc1)C(=O)N(C)[C@H](Cc1ccc(F)cc1)C(=O)NCC(C)(C)CO)CC(C)(C)N. The Morgan fingerprint density at radius 1 is 0.833 bits per heavy atom. The second-order valence-electron chi connectivity index (χ2n) is 14.2. The Kier molecular flexibility index (Phi) is 13.2. The zero-order chi connectivity index (χ0) is 35.6. The minimum Gasteiger partial charge on any atom is -0.396 e. The Morgan fingerprint density at radius 3 is 1.90 bits per heavy atom. The highest BCUT2D eigenvalue weighted by Crippen LogP contribution is 2.22. The van der Waals surface area contributed by atoms with Crippen LogP contribution in [0.3, 0.4) is 0 Å². The molecule has 0 bridgehead atoms. The molecule has 2 atom stereocenters. The van der Waals surface area contributed by atoms with Crippen molar-refractivity contribution in [3.8, 4) is 11.1 Å². The molecule has 3 rings (SSSR count). The summed E-state index contributed by atoms with van der Waals surface area (Å²) in [5.41, 5.74) is 9.47. The van der Waals surface area contributed by atoms with E-state index in [-0.39, 0.29) is 31.9 Å². The van der Waals surface area contributed by atoms with Gasteiger partial charge in [-0.3, -0.25) is 14.4 Å². The topological polar surface area (TPSA) is 116 Å². The number of nitrogens with one attached hydrogen (secondary N) is 1. The van der Waals surface area contributed by atoms with Gasteiger partial charge in [0.15, 0.2) is 0 Å². The van der Waals surface area contributed by atoms with Crippen molar-refractivity contribution in [2.45, 2.75) is 71.5 Å². The average molecular weight is 659 g/mol. The molecule has 3 aromatic rings. The third-order valence-electron chi connectivity index (χ3n) is 8.32. The molecule has 0 aliphatic carbocycles.